The van der Waals surface area contributed by atoms with Gasteiger partial charge in [-0.3, -0.25) is 14.9 Å². The van der Waals surface area contributed by atoms with E-state index < -0.39 is 17.8 Å². The van der Waals surface area contributed by atoms with Crippen molar-refractivity contribution in [2.24, 2.45) is 0 Å². The zero-order valence-corrected chi connectivity index (χ0v) is 18.7. The van der Waals surface area contributed by atoms with Crippen LogP contribution in [-0.4, -0.2) is 36.5 Å². The molecule has 162 valence electrons. The average Bonchev–Trinajstić information content (AvgIpc) is 3.22. The number of carbonyl (C=O) groups is 3. The van der Waals surface area contributed by atoms with Gasteiger partial charge in [-0.2, -0.15) is 0 Å². The summed E-state index contributed by atoms with van der Waals surface area (Å²) in [4.78, 5) is 40.9. The molecule has 0 unspecified atom stereocenters. The molecule has 9 heteroatoms. The van der Waals surface area contributed by atoms with E-state index in [4.69, 9.17) is 23.2 Å². The number of carbonyl (C=O) groups excluding carboxylic acids is 3. The van der Waals surface area contributed by atoms with Crippen molar-refractivity contribution in [3.8, 4) is 5.69 Å². The van der Waals surface area contributed by atoms with Crippen LogP contribution in [0.15, 0.2) is 66.4 Å². The van der Waals surface area contributed by atoms with Crippen LogP contribution in [0.2, 0.25) is 10.0 Å². The molecule has 0 radical (unpaired) electrons. The lowest BCUT2D eigenvalue weighted by Gasteiger charge is -2.27. The highest BCUT2D eigenvalue weighted by atomic mass is 35.5. The van der Waals surface area contributed by atoms with E-state index in [0.29, 0.717) is 5.69 Å². The Kier molecular flexibility index (Phi) is 5.78. The minimum absolute atomic E-state index is 0.0377. The van der Waals surface area contributed by atoms with Crippen molar-refractivity contribution in [3.05, 3.63) is 82.1 Å². The predicted molar refractivity (Wildman–Crippen MR) is 126 cm³/mol. The Bertz CT molecular complexity index is 1260. The highest BCUT2D eigenvalue weighted by molar-refractivity contribution is 6.46. The van der Waals surface area contributed by atoms with E-state index in [9.17, 15) is 14.4 Å². The van der Waals surface area contributed by atoms with E-state index in [1.807, 2.05) is 54.0 Å². The fourth-order valence-corrected chi connectivity index (χ4v) is 3.73. The van der Waals surface area contributed by atoms with Crippen LogP contribution in [0, 0.1) is 0 Å². The standard InChI is InChI=1S/C23H18Cl2N4O3/c1-27(2)14-8-10-15(11-9-14)28-12-4-5-16(28)13-17-21(30)26-23(32)29(22(17)31)19-7-3-6-18(24)20(19)25/h3-13H,1-2H3,(H,26,30,32)/b17-13+. The Morgan fingerprint density at radius 1 is 0.938 bits per heavy atom. The fourth-order valence-electron chi connectivity index (χ4n) is 3.35. The van der Waals surface area contributed by atoms with E-state index in [1.54, 1.807) is 18.2 Å². The third-order valence-corrected chi connectivity index (χ3v) is 5.80. The highest BCUT2D eigenvalue weighted by Crippen LogP contribution is 2.34. The topological polar surface area (TPSA) is 74.7 Å². The van der Waals surface area contributed by atoms with Gasteiger partial charge in [-0.15, -0.1) is 0 Å². The van der Waals surface area contributed by atoms with Gasteiger partial charge in [-0.05, 0) is 54.6 Å². The molecule has 7 nitrogen and oxygen atoms in total. The van der Waals surface area contributed by atoms with E-state index in [-0.39, 0.29) is 21.3 Å². The highest BCUT2D eigenvalue weighted by Gasteiger charge is 2.38. The number of hydrogen-bond acceptors (Lipinski definition) is 4. The van der Waals surface area contributed by atoms with Crippen molar-refractivity contribution in [1.29, 1.82) is 0 Å². The van der Waals surface area contributed by atoms with Gasteiger partial charge in [0.15, 0.2) is 0 Å². The third kappa shape index (κ3) is 3.88. The summed E-state index contributed by atoms with van der Waals surface area (Å²) in [6.07, 6.45) is 3.26. The summed E-state index contributed by atoms with van der Waals surface area (Å²) in [5, 5.41) is 2.41. The van der Waals surface area contributed by atoms with Crippen molar-refractivity contribution in [1.82, 2.24) is 9.88 Å². The summed E-state index contributed by atoms with van der Waals surface area (Å²) < 4.78 is 1.83. The van der Waals surface area contributed by atoms with Crippen LogP contribution in [0.4, 0.5) is 16.2 Å². The first-order valence-corrected chi connectivity index (χ1v) is 10.3. The average molecular weight is 469 g/mol. The first-order chi connectivity index (χ1) is 15.3. The Balaban J connectivity index is 1.74. The van der Waals surface area contributed by atoms with Gasteiger partial charge in [0, 0.05) is 37.4 Å². The number of imide groups is 2. The van der Waals surface area contributed by atoms with Crippen molar-refractivity contribution in [3.63, 3.8) is 0 Å². The molecule has 4 rings (SSSR count). The minimum atomic E-state index is -0.893. The molecule has 32 heavy (non-hydrogen) atoms. The molecule has 1 saturated heterocycles. The summed E-state index contributed by atoms with van der Waals surface area (Å²) in [7, 11) is 3.90. The molecule has 0 aliphatic carbocycles. The smallest absolute Gasteiger partial charge is 0.336 e. The molecule has 3 aromatic rings. The summed E-state index contributed by atoms with van der Waals surface area (Å²) in [5.41, 5.74) is 2.37. The molecule has 1 N–H and O–H groups in total. The maximum atomic E-state index is 13.2. The Morgan fingerprint density at radius 2 is 1.66 bits per heavy atom. The molecule has 1 aliphatic heterocycles. The zero-order valence-electron chi connectivity index (χ0n) is 17.2. The molecule has 1 aromatic heterocycles. The molecule has 0 spiro atoms. The largest absolute Gasteiger partial charge is 0.378 e. The number of rotatable bonds is 4. The quantitative estimate of drug-likeness (QED) is 0.451. The molecule has 1 fully saturated rings. The fraction of sp³-hybridized carbons (Fsp3) is 0.0870. The van der Waals surface area contributed by atoms with E-state index in [2.05, 4.69) is 5.32 Å². The van der Waals surface area contributed by atoms with Gasteiger partial charge >= 0.3 is 6.03 Å². The molecule has 4 amide bonds. The first-order valence-electron chi connectivity index (χ1n) is 9.58. The van der Waals surface area contributed by atoms with Gasteiger partial charge in [-0.25, -0.2) is 9.69 Å². The van der Waals surface area contributed by atoms with E-state index >= 15 is 0 Å². The second kappa shape index (κ2) is 8.53. The van der Waals surface area contributed by atoms with Crippen LogP contribution in [-0.2, 0) is 9.59 Å². The summed E-state index contributed by atoms with van der Waals surface area (Å²) in [5.74, 6) is -1.58. The number of urea groups is 1. The number of amides is 4. The second-order valence-corrected chi connectivity index (χ2v) is 8.03. The first kappa shape index (κ1) is 21.7. The van der Waals surface area contributed by atoms with Crippen LogP contribution in [0.5, 0.6) is 0 Å². The van der Waals surface area contributed by atoms with Crippen molar-refractivity contribution in [2.45, 2.75) is 0 Å². The Morgan fingerprint density at radius 3 is 2.34 bits per heavy atom. The van der Waals surface area contributed by atoms with Crippen LogP contribution in [0.25, 0.3) is 11.8 Å². The number of nitrogens with zero attached hydrogens (tertiary/aromatic N) is 3. The summed E-state index contributed by atoms with van der Waals surface area (Å²) in [6.45, 7) is 0. The molecule has 0 atom stereocenters. The number of nitrogens with one attached hydrogen (secondary N) is 1. The van der Waals surface area contributed by atoms with Gasteiger partial charge in [0.05, 0.1) is 15.7 Å². The molecule has 0 bridgehead atoms. The molecular formula is C23H18Cl2N4O3. The number of anilines is 2. The van der Waals surface area contributed by atoms with Crippen LogP contribution in [0.3, 0.4) is 0 Å². The number of halogens is 2. The van der Waals surface area contributed by atoms with Crippen molar-refractivity contribution >= 4 is 58.5 Å². The Hall–Kier alpha value is -3.55. The SMILES string of the molecule is CN(C)c1ccc(-n2cccc2/C=C2\C(=O)NC(=O)N(c3cccc(Cl)c3Cl)C2=O)cc1. The van der Waals surface area contributed by atoms with Gasteiger partial charge in [0.25, 0.3) is 11.8 Å². The summed E-state index contributed by atoms with van der Waals surface area (Å²) >= 11 is 12.2. The lowest BCUT2D eigenvalue weighted by molar-refractivity contribution is -0.122. The van der Waals surface area contributed by atoms with Crippen molar-refractivity contribution < 1.29 is 14.4 Å². The lowest BCUT2D eigenvalue weighted by atomic mass is 10.1. The predicted octanol–water partition coefficient (Wildman–Crippen LogP) is 4.52. The number of aromatic nitrogens is 1. The van der Waals surface area contributed by atoms with Crippen molar-refractivity contribution in [2.75, 3.05) is 23.9 Å². The minimum Gasteiger partial charge on any atom is -0.378 e. The Labute approximate surface area is 194 Å². The molecular weight excluding hydrogens is 451 g/mol. The van der Waals surface area contributed by atoms with Gasteiger partial charge in [0.2, 0.25) is 0 Å². The number of benzene rings is 2. The maximum absolute atomic E-state index is 13.2. The van der Waals surface area contributed by atoms with Gasteiger partial charge in [-0.1, -0.05) is 29.3 Å². The second-order valence-electron chi connectivity index (χ2n) is 7.24. The van der Waals surface area contributed by atoms with E-state index in [1.165, 1.54) is 18.2 Å². The van der Waals surface area contributed by atoms with Gasteiger partial charge in [0.1, 0.15) is 5.57 Å². The molecule has 0 saturated carbocycles. The molecule has 2 aromatic carbocycles. The van der Waals surface area contributed by atoms with Crippen LogP contribution < -0.4 is 15.1 Å². The number of barbiturate groups is 1. The van der Waals surface area contributed by atoms with Crippen LogP contribution in [0.1, 0.15) is 5.69 Å². The lowest BCUT2D eigenvalue weighted by Crippen LogP contribution is -2.54. The zero-order chi connectivity index (χ0) is 23.0. The maximum Gasteiger partial charge on any atom is 0.336 e. The molecule has 2 heterocycles. The van der Waals surface area contributed by atoms with E-state index in [0.717, 1.165) is 16.3 Å². The third-order valence-electron chi connectivity index (χ3n) is 4.99. The van der Waals surface area contributed by atoms with Gasteiger partial charge < -0.3 is 9.47 Å². The number of hydrogen-bond donors (Lipinski definition) is 1. The monoisotopic (exact) mass is 468 g/mol. The molecule has 1 aliphatic rings. The van der Waals surface area contributed by atoms with Crippen LogP contribution >= 0.6 is 23.2 Å². The normalized spacial score (nSPS) is 15.3. The summed E-state index contributed by atoms with van der Waals surface area (Å²) in [6, 6.07) is 15.0.